The van der Waals surface area contributed by atoms with Gasteiger partial charge in [0.2, 0.25) is 11.5 Å². The number of halogens is 3. The summed E-state index contributed by atoms with van der Waals surface area (Å²) in [4.78, 5) is 35.6. The van der Waals surface area contributed by atoms with E-state index in [1.54, 1.807) is 12.3 Å². The molecule has 2 unspecified atom stereocenters. The third-order valence-corrected chi connectivity index (χ3v) is 8.61. The van der Waals surface area contributed by atoms with Crippen molar-refractivity contribution < 1.29 is 22.6 Å². The van der Waals surface area contributed by atoms with Crippen LogP contribution in [-0.4, -0.2) is 63.5 Å². The number of rotatable bonds is 4. The number of alkyl halides is 3. The summed E-state index contributed by atoms with van der Waals surface area (Å²) >= 11 is 0. The number of nitrogens with one attached hydrogen (secondary N) is 1. The second-order valence-corrected chi connectivity index (χ2v) is 11.4. The first-order valence-electron chi connectivity index (χ1n) is 12.9. The molecule has 5 fully saturated rings. The summed E-state index contributed by atoms with van der Waals surface area (Å²) in [5.74, 6) is 0.531. The largest absolute Gasteiger partial charge is 0.394 e. The van der Waals surface area contributed by atoms with Crippen LogP contribution in [0, 0.1) is 12.3 Å². The van der Waals surface area contributed by atoms with Gasteiger partial charge in [0, 0.05) is 30.1 Å². The lowest BCUT2D eigenvalue weighted by Gasteiger charge is -2.70. The number of anilines is 1. The van der Waals surface area contributed by atoms with Crippen molar-refractivity contribution >= 4 is 17.1 Å². The monoisotopic (exact) mass is 528 g/mol. The normalized spacial score (nSPS) is 31.0. The minimum Gasteiger partial charge on any atom is -0.380 e. The first-order chi connectivity index (χ1) is 18.1. The van der Waals surface area contributed by atoms with Crippen LogP contribution >= 0.6 is 0 Å². The molecule has 12 heteroatoms. The van der Waals surface area contributed by atoms with Crippen molar-refractivity contribution in [2.45, 2.75) is 62.8 Å². The zero-order valence-corrected chi connectivity index (χ0v) is 21.0. The van der Waals surface area contributed by atoms with E-state index in [0.717, 1.165) is 17.0 Å². The number of hydrogen-bond acceptors (Lipinski definition) is 8. The van der Waals surface area contributed by atoms with Gasteiger partial charge < -0.3 is 19.4 Å². The van der Waals surface area contributed by atoms with Crippen molar-refractivity contribution in [2.75, 3.05) is 31.2 Å². The number of nitrogens with zero attached hydrogens (tertiary/aromatic N) is 5. The van der Waals surface area contributed by atoms with E-state index in [1.807, 2.05) is 18.7 Å². The summed E-state index contributed by atoms with van der Waals surface area (Å²) < 4.78 is 52.6. The molecule has 2 bridgehead atoms. The molecular weight excluding hydrogens is 501 g/mol. The molecule has 3 aromatic rings. The lowest BCUT2D eigenvalue weighted by atomic mass is 9.34. The Hall–Kier alpha value is -3.12. The number of morpholine rings is 1. The fourth-order valence-electron chi connectivity index (χ4n) is 6.58. The Kier molecular flexibility index (Phi) is 5.01. The predicted octanol–water partition coefficient (Wildman–Crippen LogP) is 3.48. The van der Waals surface area contributed by atoms with Crippen LogP contribution in [0.3, 0.4) is 0 Å². The molecule has 5 heterocycles. The zero-order chi connectivity index (χ0) is 26.4. The second-order valence-electron chi connectivity index (χ2n) is 11.4. The zero-order valence-electron chi connectivity index (χ0n) is 21.0. The van der Waals surface area contributed by atoms with Gasteiger partial charge in [-0.25, -0.2) is 15.0 Å². The second kappa shape index (κ2) is 7.95. The molecule has 1 N–H and O–H groups in total. The fourth-order valence-corrected chi connectivity index (χ4v) is 6.58. The molecule has 9 nitrogen and oxygen atoms in total. The highest BCUT2D eigenvalue weighted by Gasteiger charge is 2.79. The number of ether oxygens (including phenoxy) is 2. The molecule has 2 aliphatic heterocycles. The third-order valence-electron chi connectivity index (χ3n) is 8.61. The molecule has 0 aromatic carbocycles. The maximum atomic E-state index is 13.7. The first-order valence-corrected chi connectivity index (χ1v) is 12.9. The van der Waals surface area contributed by atoms with Gasteiger partial charge >= 0.3 is 6.18 Å². The van der Waals surface area contributed by atoms with Crippen LogP contribution in [0.5, 0.6) is 0 Å². The molecule has 200 valence electrons. The van der Waals surface area contributed by atoms with Crippen LogP contribution in [-0.2, 0) is 14.9 Å². The smallest absolute Gasteiger partial charge is 0.380 e. The van der Waals surface area contributed by atoms with E-state index in [2.05, 4.69) is 4.98 Å². The van der Waals surface area contributed by atoms with Crippen molar-refractivity contribution in [1.82, 2.24) is 24.9 Å². The van der Waals surface area contributed by atoms with Crippen LogP contribution in [0.15, 0.2) is 23.1 Å². The highest BCUT2D eigenvalue weighted by molar-refractivity contribution is 5.77. The van der Waals surface area contributed by atoms with Gasteiger partial charge in [0.15, 0.2) is 5.65 Å². The minimum atomic E-state index is -4.22. The molecular formula is C26H27F3N6O3. The number of pyridine rings is 1. The van der Waals surface area contributed by atoms with Crippen LogP contribution in [0.2, 0.25) is 0 Å². The van der Waals surface area contributed by atoms with E-state index in [1.165, 1.54) is 6.07 Å². The van der Waals surface area contributed by atoms with E-state index in [-0.39, 0.29) is 42.9 Å². The molecule has 3 aromatic heterocycles. The SMILES string of the molecule is Cc1nc2nc(N3CC(C)OC(c4ccc(=O)[nH]c4)C3)nc(C34CC(C(F)(F)F)(C3)C4)c2nc1C1COC1. The Bertz CT molecular complexity index is 1460. The summed E-state index contributed by atoms with van der Waals surface area (Å²) in [7, 11) is 0. The number of fused-ring (bicyclic) bond motifs is 1. The molecule has 0 spiro atoms. The van der Waals surface area contributed by atoms with Crippen molar-refractivity contribution in [3.63, 3.8) is 0 Å². The Labute approximate surface area is 215 Å². The summed E-state index contributed by atoms with van der Waals surface area (Å²) in [6.07, 6.45) is -3.03. The van der Waals surface area contributed by atoms with Crippen LogP contribution < -0.4 is 10.5 Å². The van der Waals surface area contributed by atoms with Gasteiger partial charge in [-0.2, -0.15) is 18.2 Å². The Morgan fingerprint density at radius 1 is 1.08 bits per heavy atom. The van der Waals surface area contributed by atoms with Gasteiger partial charge in [-0.05, 0) is 44.7 Å². The van der Waals surface area contributed by atoms with Gasteiger partial charge in [-0.3, -0.25) is 4.79 Å². The fraction of sp³-hybridized carbons (Fsp3) is 0.577. The van der Waals surface area contributed by atoms with Crippen molar-refractivity contribution in [3.8, 4) is 0 Å². The Morgan fingerprint density at radius 2 is 1.84 bits per heavy atom. The van der Waals surface area contributed by atoms with Gasteiger partial charge in [0.05, 0.1) is 48.4 Å². The van der Waals surface area contributed by atoms with Crippen LogP contribution in [0.4, 0.5) is 19.1 Å². The maximum Gasteiger partial charge on any atom is 0.394 e. The van der Waals surface area contributed by atoms with E-state index < -0.39 is 17.0 Å². The van der Waals surface area contributed by atoms with E-state index in [0.29, 0.717) is 49.1 Å². The highest BCUT2D eigenvalue weighted by Crippen LogP contribution is 2.78. The molecule has 0 amide bonds. The molecule has 5 aliphatic rings. The average Bonchev–Trinajstić information content (AvgIpc) is 2.75. The van der Waals surface area contributed by atoms with Gasteiger partial charge in [0.25, 0.3) is 0 Å². The van der Waals surface area contributed by atoms with Crippen molar-refractivity contribution in [3.05, 3.63) is 51.3 Å². The predicted molar refractivity (Wildman–Crippen MR) is 130 cm³/mol. The number of aryl methyl sites for hydroxylation is 1. The maximum absolute atomic E-state index is 13.7. The van der Waals surface area contributed by atoms with Crippen LogP contribution in [0.1, 0.15) is 60.9 Å². The van der Waals surface area contributed by atoms with E-state index >= 15 is 0 Å². The highest BCUT2D eigenvalue weighted by atomic mass is 19.4. The van der Waals surface area contributed by atoms with E-state index in [4.69, 9.17) is 29.4 Å². The molecule has 0 radical (unpaired) electrons. The number of hydrogen-bond donors (Lipinski definition) is 1. The van der Waals surface area contributed by atoms with Crippen molar-refractivity contribution in [2.24, 2.45) is 5.41 Å². The summed E-state index contributed by atoms with van der Waals surface area (Å²) in [5, 5.41) is 0. The number of aromatic nitrogens is 5. The quantitative estimate of drug-likeness (QED) is 0.549. The molecule has 2 atom stereocenters. The molecule has 3 saturated carbocycles. The van der Waals surface area contributed by atoms with Crippen LogP contribution in [0.25, 0.3) is 11.2 Å². The molecule has 38 heavy (non-hydrogen) atoms. The van der Waals surface area contributed by atoms with Gasteiger partial charge in [-0.15, -0.1) is 0 Å². The Balaban J connectivity index is 1.30. The lowest BCUT2D eigenvalue weighted by molar-refractivity contribution is -0.337. The lowest BCUT2D eigenvalue weighted by Crippen LogP contribution is -2.70. The average molecular weight is 529 g/mol. The topological polar surface area (TPSA) is 106 Å². The van der Waals surface area contributed by atoms with Gasteiger partial charge in [0.1, 0.15) is 11.6 Å². The minimum absolute atomic E-state index is 0.0198. The summed E-state index contributed by atoms with van der Waals surface area (Å²) in [6, 6.07) is 3.18. The standard InChI is InChI=1S/C26H27F3N6O3/c1-13-6-35(7-17(38-13)15-3-4-18(36)30-5-15)23-33-21(24-10-25(11-24,12-24)26(27,28)29)20-22(34-23)31-14(2)19(32-20)16-8-37-9-16/h3-5,13,16-17H,6-12H2,1-2H3,(H,30,36). The summed E-state index contributed by atoms with van der Waals surface area (Å²) in [5.41, 5.74) is 1.34. The molecule has 2 saturated heterocycles. The van der Waals surface area contributed by atoms with Gasteiger partial charge in [-0.1, -0.05) is 0 Å². The number of H-pyrrole nitrogens is 1. The van der Waals surface area contributed by atoms with Crippen molar-refractivity contribution in [1.29, 1.82) is 0 Å². The van der Waals surface area contributed by atoms with E-state index in [9.17, 15) is 18.0 Å². The summed E-state index contributed by atoms with van der Waals surface area (Å²) in [6.45, 7) is 5.85. The molecule has 3 aliphatic carbocycles. The third kappa shape index (κ3) is 3.49. The molecule has 8 rings (SSSR count). The Morgan fingerprint density at radius 3 is 2.47 bits per heavy atom. The first kappa shape index (κ1) is 24.0. The number of aromatic amines is 1.